The molecule has 0 aliphatic rings. The Morgan fingerprint density at radius 1 is 0.939 bits per heavy atom. The third kappa shape index (κ3) is 5.58. The molecular formula is C25H22ClNO6. The summed E-state index contributed by atoms with van der Waals surface area (Å²) >= 11 is 6.21. The molecule has 0 aromatic heterocycles. The first kappa shape index (κ1) is 24.0. The summed E-state index contributed by atoms with van der Waals surface area (Å²) in [6, 6.07) is 18.3. The highest BCUT2D eigenvalue weighted by atomic mass is 35.5. The van der Waals surface area contributed by atoms with E-state index in [9.17, 15) is 24.6 Å². The molecule has 33 heavy (non-hydrogen) atoms. The summed E-state index contributed by atoms with van der Waals surface area (Å²) in [6.07, 6.45) is -1.76. The van der Waals surface area contributed by atoms with Crippen molar-refractivity contribution in [3.63, 3.8) is 0 Å². The Kier molecular flexibility index (Phi) is 7.48. The first-order chi connectivity index (χ1) is 15.7. The van der Waals surface area contributed by atoms with Gasteiger partial charge < -0.3 is 20.2 Å². The zero-order valence-electron chi connectivity index (χ0n) is 17.7. The number of aliphatic hydroxyl groups excluding tert-OH is 1. The van der Waals surface area contributed by atoms with Gasteiger partial charge in [0, 0.05) is 17.1 Å². The number of hydrogen-bond acceptors (Lipinski definition) is 4. The van der Waals surface area contributed by atoms with Gasteiger partial charge in [-0.3, -0.25) is 4.79 Å². The Morgan fingerprint density at radius 3 is 2.24 bits per heavy atom. The Balaban J connectivity index is 1.96. The fraction of sp³-hybridized carbons (Fsp3) is 0.160. The second-order valence-electron chi connectivity index (χ2n) is 7.51. The van der Waals surface area contributed by atoms with E-state index in [1.54, 1.807) is 67.6 Å². The first-order valence-electron chi connectivity index (χ1n) is 10.1. The number of amides is 1. The van der Waals surface area contributed by atoms with Crippen LogP contribution in [0.25, 0.3) is 11.1 Å². The lowest BCUT2D eigenvalue weighted by Crippen LogP contribution is -2.40. The molecule has 0 spiro atoms. The largest absolute Gasteiger partial charge is 0.479 e. The topological polar surface area (TPSA) is 115 Å². The van der Waals surface area contributed by atoms with Crippen molar-refractivity contribution in [3.05, 3.63) is 94.0 Å². The fourth-order valence-electron chi connectivity index (χ4n) is 3.52. The zero-order valence-corrected chi connectivity index (χ0v) is 18.5. The smallest absolute Gasteiger partial charge is 0.336 e. The summed E-state index contributed by atoms with van der Waals surface area (Å²) in [7, 11) is 0. The van der Waals surface area contributed by atoms with Crippen LogP contribution in [-0.4, -0.2) is 50.7 Å². The molecule has 3 aromatic rings. The minimum atomic E-state index is -1.76. The number of rotatable bonds is 8. The van der Waals surface area contributed by atoms with E-state index >= 15 is 0 Å². The molecule has 1 atom stereocenters. The Bertz CT molecular complexity index is 1210. The molecule has 170 valence electrons. The Labute approximate surface area is 195 Å². The lowest BCUT2D eigenvalue weighted by Gasteiger charge is -2.25. The molecule has 0 aliphatic heterocycles. The minimum Gasteiger partial charge on any atom is -0.479 e. The van der Waals surface area contributed by atoms with E-state index in [-0.39, 0.29) is 17.7 Å². The van der Waals surface area contributed by atoms with Crippen molar-refractivity contribution in [3.8, 4) is 11.1 Å². The number of aliphatic hydroxyl groups is 1. The van der Waals surface area contributed by atoms with Gasteiger partial charge in [-0.25, -0.2) is 9.59 Å². The highest BCUT2D eigenvalue weighted by Crippen LogP contribution is 2.28. The average molecular weight is 468 g/mol. The maximum absolute atomic E-state index is 13.3. The quantitative estimate of drug-likeness (QED) is 0.459. The molecule has 3 aromatic carbocycles. The third-order valence-electron chi connectivity index (χ3n) is 5.21. The van der Waals surface area contributed by atoms with Crippen molar-refractivity contribution in [2.45, 2.75) is 19.6 Å². The summed E-state index contributed by atoms with van der Waals surface area (Å²) < 4.78 is 0. The van der Waals surface area contributed by atoms with Crippen LogP contribution in [0.5, 0.6) is 0 Å². The molecule has 8 heteroatoms. The van der Waals surface area contributed by atoms with Crippen LogP contribution in [0, 0.1) is 6.92 Å². The normalized spacial score (nSPS) is 11.6. The van der Waals surface area contributed by atoms with Crippen LogP contribution in [0.3, 0.4) is 0 Å². The van der Waals surface area contributed by atoms with Gasteiger partial charge in [-0.15, -0.1) is 0 Å². The predicted molar refractivity (Wildman–Crippen MR) is 123 cm³/mol. The SMILES string of the molecule is Cc1cc(C(=O)N(Cc2ccccc2Cl)C[C@@H](O)C(=O)O)ccc1-c1ccccc1C(=O)O. The molecule has 0 unspecified atom stereocenters. The highest BCUT2D eigenvalue weighted by molar-refractivity contribution is 6.31. The number of halogens is 1. The van der Waals surface area contributed by atoms with Crippen molar-refractivity contribution < 1.29 is 29.7 Å². The van der Waals surface area contributed by atoms with Crippen LogP contribution in [0.15, 0.2) is 66.7 Å². The number of aryl methyl sites for hydroxylation is 1. The molecule has 3 rings (SSSR count). The van der Waals surface area contributed by atoms with Crippen LogP contribution in [0.2, 0.25) is 5.02 Å². The van der Waals surface area contributed by atoms with Crippen molar-refractivity contribution >= 4 is 29.4 Å². The number of nitrogens with zero attached hydrogens (tertiary/aromatic N) is 1. The van der Waals surface area contributed by atoms with E-state index < -0.39 is 30.5 Å². The van der Waals surface area contributed by atoms with Crippen LogP contribution >= 0.6 is 11.6 Å². The second-order valence-corrected chi connectivity index (χ2v) is 7.92. The molecule has 0 heterocycles. The maximum Gasteiger partial charge on any atom is 0.336 e. The molecule has 0 bridgehead atoms. The van der Waals surface area contributed by atoms with Gasteiger partial charge in [0.25, 0.3) is 5.91 Å². The monoisotopic (exact) mass is 467 g/mol. The number of carbonyl (C=O) groups is 3. The summed E-state index contributed by atoms with van der Waals surface area (Å²) in [5.74, 6) is -2.99. The summed E-state index contributed by atoms with van der Waals surface area (Å²) in [5.41, 5.74) is 2.88. The van der Waals surface area contributed by atoms with Crippen molar-refractivity contribution in [2.75, 3.05) is 6.54 Å². The van der Waals surface area contributed by atoms with E-state index in [0.29, 0.717) is 27.3 Å². The van der Waals surface area contributed by atoms with Gasteiger partial charge >= 0.3 is 11.9 Å². The summed E-state index contributed by atoms with van der Waals surface area (Å²) in [4.78, 5) is 37.3. The number of benzene rings is 3. The number of hydrogen-bond donors (Lipinski definition) is 3. The molecule has 1 amide bonds. The standard InChI is InChI=1S/C25H22ClNO6/c1-15-12-16(10-11-18(15)19-7-3-4-8-20(19)24(30)31)23(29)27(14-22(28)25(32)33)13-17-6-2-5-9-21(17)26/h2-12,22,28H,13-14H2,1H3,(H,30,31)(H,32,33)/t22-/m1/s1. The molecular weight excluding hydrogens is 446 g/mol. The number of carboxylic acid groups (broad SMARTS) is 2. The Hall–Kier alpha value is -3.68. The fourth-order valence-corrected chi connectivity index (χ4v) is 3.72. The maximum atomic E-state index is 13.3. The van der Waals surface area contributed by atoms with Gasteiger partial charge in [0.2, 0.25) is 0 Å². The van der Waals surface area contributed by atoms with E-state index in [1.165, 1.54) is 11.0 Å². The number of carboxylic acids is 2. The zero-order chi connectivity index (χ0) is 24.1. The predicted octanol–water partition coefficient (Wildman–Crippen LogP) is 4.10. The highest BCUT2D eigenvalue weighted by Gasteiger charge is 2.24. The van der Waals surface area contributed by atoms with Gasteiger partial charge in [-0.05, 0) is 53.4 Å². The van der Waals surface area contributed by atoms with Crippen molar-refractivity contribution in [1.82, 2.24) is 4.90 Å². The lowest BCUT2D eigenvalue weighted by molar-refractivity contribution is -0.147. The number of aromatic carboxylic acids is 1. The van der Waals surface area contributed by atoms with E-state index in [4.69, 9.17) is 16.7 Å². The summed E-state index contributed by atoms with van der Waals surface area (Å²) in [6.45, 7) is 1.34. The molecule has 7 nitrogen and oxygen atoms in total. The second kappa shape index (κ2) is 10.3. The number of aliphatic carboxylic acids is 1. The molecule has 0 radical (unpaired) electrons. The van der Waals surface area contributed by atoms with E-state index in [1.807, 2.05) is 0 Å². The van der Waals surface area contributed by atoms with E-state index in [2.05, 4.69) is 0 Å². The number of carbonyl (C=O) groups excluding carboxylic acids is 1. The first-order valence-corrected chi connectivity index (χ1v) is 10.4. The van der Waals surface area contributed by atoms with E-state index in [0.717, 1.165) is 0 Å². The van der Waals surface area contributed by atoms with Crippen molar-refractivity contribution in [1.29, 1.82) is 0 Å². The van der Waals surface area contributed by atoms with Crippen molar-refractivity contribution in [2.24, 2.45) is 0 Å². The Morgan fingerprint density at radius 2 is 1.61 bits per heavy atom. The molecule has 3 N–H and O–H groups in total. The lowest BCUT2D eigenvalue weighted by atomic mass is 9.94. The van der Waals surface area contributed by atoms with Gasteiger partial charge in [0.1, 0.15) is 0 Å². The molecule has 0 saturated heterocycles. The molecule has 0 saturated carbocycles. The van der Waals surface area contributed by atoms with Gasteiger partial charge in [0.15, 0.2) is 6.10 Å². The van der Waals surface area contributed by atoms with Crippen LogP contribution in [-0.2, 0) is 11.3 Å². The van der Waals surface area contributed by atoms with Crippen LogP contribution in [0.1, 0.15) is 31.8 Å². The average Bonchev–Trinajstić information content (AvgIpc) is 2.79. The van der Waals surface area contributed by atoms with Crippen LogP contribution in [0.4, 0.5) is 0 Å². The molecule has 0 fully saturated rings. The third-order valence-corrected chi connectivity index (χ3v) is 5.57. The van der Waals surface area contributed by atoms with Crippen LogP contribution < -0.4 is 0 Å². The van der Waals surface area contributed by atoms with Gasteiger partial charge in [-0.1, -0.05) is 54.1 Å². The summed E-state index contributed by atoms with van der Waals surface area (Å²) in [5, 5.41) is 28.9. The minimum absolute atomic E-state index is 0.00545. The molecule has 0 aliphatic carbocycles. The van der Waals surface area contributed by atoms with Gasteiger partial charge in [0.05, 0.1) is 12.1 Å². The van der Waals surface area contributed by atoms with Gasteiger partial charge in [-0.2, -0.15) is 0 Å².